The topological polar surface area (TPSA) is 67.5 Å². The molecule has 3 N–H and O–H groups in total. The van der Waals surface area contributed by atoms with Gasteiger partial charge in [-0.1, -0.05) is 27.7 Å². The summed E-state index contributed by atoms with van der Waals surface area (Å²) in [5, 5.41) is 2.51. The van der Waals surface area contributed by atoms with Gasteiger partial charge in [0.05, 0.1) is 0 Å². The molecule has 4 nitrogen and oxygen atoms in total. The summed E-state index contributed by atoms with van der Waals surface area (Å²) in [6.07, 6.45) is 0. The second-order valence-electron chi connectivity index (χ2n) is 4.60. The summed E-state index contributed by atoms with van der Waals surface area (Å²) in [6.45, 7) is 8.30. The molecule has 0 aliphatic carbocycles. The van der Waals surface area contributed by atoms with E-state index < -0.39 is 0 Å². The Labute approximate surface area is 78.6 Å². The van der Waals surface area contributed by atoms with Crippen molar-refractivity contribution in [1.82, 2.24) is 5.32 Å². The summed E-state index contributed by atoms with van der Waals surface area (Å²) in [5.74, 6) is 0.347. The molecular formula is C9H17N3O. The first-order valence-corrected chi connectivity index (χ1v) is 4.46. The highest BCUT2D eigenvalue weighted by Crippen LogP contribution is 2.30. The van der Waals surface area contributed by atoms with E-state index >= 15 is 0 Å². The summed E-state index contributed by atoms with van der Waals surface area (Å²) in [7, 11) is 0. The highest BCUT2D eigenvalue weighted by Gasteiger charge is 2.36. The van der Waals surface area contributed by atoms with Crippen LogP contribution in [0.25, 0.3) is 0 Å². The molecule has 1 amide bonds. The van der Waals surface area contributed by atoms with E-state index in [2.05, 4.69) is 31.1 Å². The average molecular weight is 183 g/mol. The minimum Gasteiger partial charge on any atom is -0.370 e. The van der Waals surface area contributed by atoms with Crippen molar-refractivity contribution in [2.24, 2.45) is 22.1 Å². The van der Waals surface area contributed by atoms with E-state index in [0.717, 1.165) is 0 Å². The van der Waals surface area contributed by atoms with Crippen molar-refractivity contribution in [3.05, 3.63) is 0 Å². The van der Waals surface area contributed by atoms with Gasteiger partial charge in [0.2, 0.25) is 0 Å². The lowest BCUT2D eigenvalue weighted by atomic mass is 9.77. The van der Waals surface area contributed by atoms with Crippen LogP contribution in [0.1, 0.15) is 27.7 Å². The van der Waals surface area contributed by atoms with E-state index in [1.54, 1.807) is 0 Å². The van der Waals surface area contributed by atoms with Crippen LogP contribution in [-0.2, 0) is 4.79 Å². The zero-order valence-electron chi connectivity index (χ0n) is 8.59. The highest BCUT2D eigenvalue weighted by atomic mass is 16.2. The Hall–Kier alpha value is -1.06. The fraction of sp³-hybridized carbons (Fsp3) is 0.778. The summed E-state index contributed by atoms with van der Waals surface area (Å²) >= 11 is 0. The van der Waals surface area contributed by atoms with Crippen LogP contribution < -0.4 is 11.1 Å². The van der Waals surface area contributed by atoms with Crippen molar-refractivity contribution in [3.63, 3.8) is 0 Å². The standard InChI is InChI=1S/C9H17N3O/c1-5(9(2,3)4)6-7(13)12-8(10)11-6/h5-6H,1-4H3,(H3,10,11,12,13). The lowest BCUT2D eigenvalue weighted by Gasteiger charge is -2.29. The Balaban J connectivity index is 2.79. The number of carbonyl (C=O) groups excluding carboxylic acids is 1. The SMILES string of the molecule is CC(C1N=C(N)NC1=O)C(C)(C)C. The number of hydrogen-bond donors (Lipinski definition) is 2. The van der Waals surface area contributed by atoms with Gasteiger partial charge in [0.25, 0.3) is 5.91 Å². The number of nitrogens with zero attached hydrogens (tertiary/aromatic N) is 1. The molecule has 0 bridgehead atoms. The third-order valence-corrected chi connectivity index (χ3v) is 2.64. The van der Waals surface area contributed by atoms with E-state index in [1.165, 1.54) is 0 Å². The lowest BCUT2D eigenvalue weighted by molar-refractivity contribution is -0.121. The maximum atomic E-state index is 11.4. The van der Waals surface area contributed by atoms with Gasteiger partial charge in [0.15, 0.2) is 5.96 Å². The molecule has 13 heavy (non-hydrogen) atoms. The molecule has 0 spiro atoms. The third kappa shape index (κ3) is 1.99. The molecule has 0 saturated carbocycles. The monoisotopic (exact) mass is 183 g/mol. The van der Waals surface area contributed by atoms with Gasteiger partial charge in [-0.15, -0.1) is 0 Å². The van der Waals surface area contributed by atoms with Gasteiger partial charge >= 0.3 is 0 Å². The van der Waals surface area contributed by atoms with Gasteiger partial charge in [-0.3, -0.25) is 10.1 Å². The first-order chi connectivity index (χ1) is 5.82. The number of nitrogens with one attached hydrogen (secondary N) is 1. The quantitative estimate of drug-likeness (QED) is 0.621. The molecule has 0 saturated heterocycles. The van der Waals surface area contributed by atoms with Gasteiger partial charge in [0, 0.05) is 0 Å². The van der Waals surface area contributed by atoms with Crippen LogP contribution in [0.3, 0.4) is 0 Å². The first-order valence-electron chi connectivity index (χ1n) is 4.46. The van der Waals surface area contributed by atoms with E-state index in [1.807, 2.05) is 6.92 Å². The molecule has 0 fully saturated rings. The molecule has 0 radical (unpaired) electrons. The van der Waals surface area contributed by atoms with Crippen molar-refractivity contribution in [2.45, 2.75) is 33.7 Å². The van der Waals surface area contributed by atoms with Crippen molar-refractivity contribution in [1.29, 1.82) is 0 Å². The summed E-state index contributed by atoms with van der Waals surface area (Å²) in [4.78, 5) is 15.4. The molecule has 1 aliphatic rings. The maximum Gasteiger partial charge on any atom is 0.251 e. The first kappa shape index (κ1) is 10.0. The van der Waals surface area contributed by atoms with Crippen molar-refractivity contribution in [2.75, 3.05) is 0 Å². The number of rotatable bonds is 1. The van der Waals surface area contributed by atoms with Gasteiger partial charge in [-0.05, 0) is 11.3 Å². The normalized spacial score (nSPS) is 25.4. The lowest BCUT2D eigenvalue weighted by Crippen LogP contribution is -2.38. The van der Waals surface area contributed by atoms with E-state index in [9.17, 15) is 4.79 Å². The van der Waals surface area contributed by atoms with E-state index in [0.29, 0.717) is 0 Å². The Morgan fingerprint density at radius 2 is 2.08 bits per heavy atom. The molecule has 2 unspecified atom stereocenters. The van der Waals surface area contributed by atoms with Crippen molar-refractivity contribution in [3.8, 4) is 0 Å². The van der Waals surface area contributed by atoms with Crippen LogP contribution in [-0.4, -0.2) is 17.9 Å². The number of guanidine groups is 1. The van der Waals surface area contributed by atoms with Crippen molar-refractivity contribution < 1.29 is 4.79 Å². The molecule has 1 heterocycles. The minimum absolute atomic E-state index is 0.0656. The van der Waals surface area contributed by atoms with Gasteiger partial charge in [-0.2, -0.15) is 0 Å². The number of nitrogens with two attached hydrogens (primary N) is 1. The maximum absolute atomic E-state index is 11.4. The molecule has 0 aromatic carbocycles. The summed E-state index contributed by atoms with van der Waals surface area (Å²) in [6, 6.07) is -0.319. The number of aliphatic imine (C=N–C) groups is 1. The molecule has 4 heteroatoms. The van der Waals surface area contributed by atoms with Crippen molar-refractivity contribution >= 4 is 11.9 Å². The van der Waals surface area contributed by atoms with Crippen LogP contribution in [0.2, 0.25) is 0 Å². The summed E-state index contributed by atoms with van der Waals surface area (Å²) in [5.41, 5.74) is 5.48. The molecule has 74 valence electrons. The largest absolute Gasteiger partial charge is 0.370 e. The molecule has 2 atom stereocenters. The summed E-state index contributed by atoms with van der Waals surface area (Å²) < 4.78 is 0. The number of carbonyl (C=O) groups is 1. The fourth-order valence-electron chi connectivity index (χ4n) is 1.25. The predicted molar refractivity (Wildman–Crippen MR) is 52.2 cm³/mol. The number of amides is 1. The van der Waals surface area contributed by atoms with E-state index in [4.69, 9.17) is 5.73 Å². The van der Waals surface area contributed by atoms with Gasteiger partial charge in [-0.25, -0.2) is 4.99 Å². The Bertz CT molecular complexity index is 252. The Morgan fingerprint density at radius 1 is 1.54 bits per heavy atom. The van der Waals surface area contributed by atoms with Gasteiger partial charge in [0.1, 0.15) is 6.04 Å². The molecule has 1 aliphatic heterocycles. The number of hydrogen-bond acceptors (Lipinski definition) is 3. The molecular weight excluding hydrogens is 166 g/mol. The van der Waals surface area contributed by atoms with Crippen LogP contribution in [0, 0.1) is 11.3 Å². The Kier molecular flexibility index (Phi) is 2.32. The molecule has 0 aromatic heterocycles. The average Bonchev–Trinajstić information content (AvgIpc) is 2.26. The van der Waals surface area contributed by atoms with Gasteiger partial charge < -0.3 is 5.73 Å². The predicted octanol–water partition coefficient (Wildman–Crippen LogP) is 0.482. The molecule has 1 rings (SSSR count). The van der Waals surface area contributed by atoms with Crippen LogP contribution in [0.4, 0.5) is 0 Å². The van der Waals surface area contributed by atoms with Crippen LogP contribution >= 0.6 is 0 Å². The second kappa shape index (κ2) is 3.01. The highest BCUT2D eigenvalue weighted by molar-refractivity contribution is 6.04. The zero-order chi connectivity index (χ0) is 10.2. The molecule has 0 aromatic rings. The Morgan fingerprint density at radius 3 is 2.38 bits per heavy atom. The van der Waals surface area contributed by atoms with Crippen LogP contribution in [0.15, 0.2) is 4.99 Å². The fourth-order valence-corrected chi connectivity index (χ4v) is 1.25. The minimum atomic E-state index is -0.319. The smallest absolute Gasteiger partial charge is 0.251 e. The van der Waals surface area contributed by atoms with Crippen LogP contribution in [0.5, 0.6) is 0 Å². The van der Waals surface area contributed by atoms with E-state index in [-0.39, 0.29) is 29.2 Å². The third-order valence-electron chi connectivity index (χ3n) is 2.64. The zero-order valence-corrected chi connectivity index (χ0v) is 8.59. The second-order valence-corrected chi connectivity index (χ2v) is 4.60.